The van der Waals surface area contributed by atoms with Crippen LogP contribution in [0.5, 0.6) is 5.75 Å². The third-order valence-corrected chi connectivity index (χ3v) is 10.4. The zero-order valence-electron chi connectivity index (χ0n) is 34.3. The summed E-state index contributed by atoms with van der Waals surface area (Å²) in [5.41, 5.74) is 16.7. The first-order valence-corrected chi connectivity index (χ1v) is 20.1. The van der Waals surface area contributed by atoms with Crippen molar-refractivity contribution in [1.29, 1.82) is 0 Å². The maximum absolute atomic E-state index is 13.8. The second-order valence-corrected chi connectivity index (χ2v) is 14.6. The number of nitrogens with zero attached hydrogens (tertiary/aromatic N) is 9. The van der Waals surface area contributed by atoms with Crippen molar-refractivity contribution in [2.45, 2.75) is 60.2 Å². The molecule has 2 aliphatic rings. The summed E-state index contributed by atoms with van der Waals surface area (Å²) >= 11 is 0. The van der Waals surface area contributed by atoms with Crippen molar-refractivity contribution in [2.75, 3.05) is 56.2 Å². The van der Waals surface area contributed by atoms with E-state index >= 15 is 0 Å². The number of nitrogens with one attached hydrogen (secondary N) is 1. The van der Waals surface area contributed by atoms with Crippen molar-refractivity contribution in [3.05, 3.63) is 94.1 Å². The molecular formula is C42H50N12O6. The van der Waals surface area contributed by atoms with Gasteiger partial charge < -0.3 is 30.4 Å². The van der Waals surface area contributed by atoms with Gasteiger partial charge in [0.25, 0.3) is 11.8 Å². The first-order valence-electron chi connectivity index (χ1n) is 20.1. The van der Waals surface area contributed by atoms with E-state index in [4.69, 9.17) is 25.9 Å². The highest BCUT2D eigenvalue weighted by Crippen LogP contribution is 2.33. The fourth-order valence-electron chi connectivity index (χ4n) is 7.53. The van der Waals surface area contributed by atoms with Gasteiger partial charge in [-0.1, -0.05) is 12.2 Å². The van der Waals surface area contributed by atoms with E-state index in [1.807, 2.05) is 49.3 Å². The first kappa shape index (κ1) is 41.5. The van der Waals surface area contributed by atoms with Crippen LogP contribution in [0.2, 0.25) is 0 Å². The molecule has 60 heavy (non-hydrogen) atoms. The molecule has 3 aromatic heterocycles. The highest BCUT2D eigenvalue weighted by atomic mass is 16.5. The number of carbonyl (C=O) groups is 4. The lowest BCUT2D eigenvalue weighted by molar-refractivity contribution is 0.0358. The fraction of sp³-hybridized carbons (Fsp3) is 0.381. The van der Waals surface area contributed by atoms with Gasteiger partial charge in [-0.15, -0.1) is 0 Å². The predicted molar refractivity (Wildman–Crippen MR) is 226 cm³/mol. The minimum absolute atomic E-state index is 0.217. The lowest BCUT2D eigenvalue weighted by atomic mass is 10.1. The van der Waals surface area contributed by atoms with E-state index in [1.165, 1.54) is 0 Å². The molecule has 2 aliphatic heterocycles. The number of aliphatic imine (C=N–C) groups is 1. The van der Waals surface area contributed by atoms with Crippen molar-refractivity contribution >= 4 is 52.1 Å². The van der Waals surface area contributed by atoms with E-state index in [1.54, 1.807) is 51.8 Å². The normalized spacial score (nSPS) is 15.0. The predicted octanol–water partition coefficient (Wildman–Crippen LogP) is 3.49. The number of allylic oxidation sites excluding steroid dienone is 1. The number of amides is 4. The maximum atomic E-state index is 13.8. The Morgan fingerprint density at radius 3 is 2.27 bits per heavy atom. The number of primary amides is 2. The summed E-state index contributed by atoms with van der Waals surface area (Å²) in [6.45, 7) is 13.2. The number of morpholine rings is 1. The number of rotatable bonds is 16. The van der Waals surface area contributed by atoms with Crippen LogP contribution in [-0.4, -0.2) is 109 Å². The molecule has 314 valence electrons. The number of anilines is 2. The Balaban J connectivity index is 1.21. The molecule has 4 amide bonds. The molecule has 1 fully saturated rings. The Morgan fingerprint density at radius 1 is 0.883 bits per heavy atom. The quantitative estimate of drug-likeness (QED) is 0.0966. The standard InChI is InChI=1S/C42H50N12O6/c1-5-53-33(20-26(3)48-53)40(57)46-36-25-29-22-28(38(43)55)10-11-32(29)51(36)13-7-8-14-52-37-31(45-42(52)47-41(58)34-21-27(4)49-54(34)6-2)23-30(39(44)56)24-35(37)60-17-9-12-50-15-18-59-19-16-50/h7-8,10-11,20-24H,5-6,9,12-19,25H2,1-4H3,(H2,43,55)(H2,44,56)(H,45,47,58)/b8-7+,46-36?. The number of aryl methyl sites for hydroxylation is 4. The number of amidine groups is 1. The van der Waals surface area contributed by atoms with Crippen molar-refractivity contribution in [3.8, 4) is 5.75 Å². The van der Waals surface area contributed by atoms with Gasteiger partial charge >= 0.3 is 0 Å². The van der Waals surface area contributed by atoms with Crippen molar-refractivity contribution in [3.63, 3.8) is 0 Å². The first-order chi connectivity index (χ1) is 28.9. The molecule has 0 radical (unpaired) electrons. The van der Waals surface area contributed by atoms with Crippen LogP contribution in [0.4, 0.5) is 11.6 Å². The van der Waals surface area contributed by atoms with Gasteiger partial charge in [-0.3, -0.25) is 38.8 Å². The van der Waals surface area contributed by atoms with Crippen molar-refractivity contribution in [2.24, 2.45) is 16.5 Å². The minimum atomic E-state index is -0.642. The van der Waals surface area contributed by atoms with Gasteiger partial charge in [-0.25, -0.2) is 4.98 Å². The van der Waals surface area contributed by atoms with E-state index in [9.17, 15) is 19.2 Å². The molecule has 5 N–H and O–H groups in total. The molecule has 1 saturated heterocycles. The monoisotopic (exact) mass is 818 g/mol. The molecule has 0 aliphatic carbocycles. The summed E-state index contributed by atoms with van der Waals surface area (Å²) in [4.78, 5) is 65.5. The zero-order valence-corrected chi connectivity index (χ0v) is 34.3. The fourth-order valence-corrected chi connectivity index (χ4v) is 7.53. The molecular weight excluding hydrogens is 769 g/mol. The average molecular weight is 819 g/mol. The number of nitrogens with two attached hydrogens (primary N) is 2. The second-order valence-electron chi connectivity index (χ2n) is 14.6. The molecule has 7 rings (SSSR count). The molecule has 2 aromatic carbocycles. The molecule has 5 heterocycles. The van der Waals surface area contributed by atoms with E-state index in [0.29, 0.717) is 96.8 Å². The van der Waals surface area contributed by atoms with Gasteiger partial charge in [0.1, 0.15) is 28.5 Å². The highest BCUT2D eigenvalue weighted by Gasteiger charge is 2.28. The van der Waals surface area contributed by atoms with Gasteiger partial charge in [0.2, 0.25) is 17.8 Å². The van der Waals surface area contributed by atoms with Crippen LogP contribution in [0, 0.1) is 13.8 Å². The number of carbonyl (C=O) groups excluding carboxylic acids is 4. The Morgan fingerprint density at radius 2 is 1.57 bits per heavy atom. The van der Waals surface area contributed by atoms with Gasteiger partial charge in [0.15, 0.2) is 0 Å². The molecule has 0 saturated carbocycles. The van der Waals surface area contributed by atoms with Crippen LogP contribution in [0.15, 0.2) is 59.6 Å². The molecule has 0 bridgehead atoms. The SMILES string of the molecule is CCn1nc(C)cc1C(=O)N=C1Cc2cc(C(N)=O)ccc2N1C/C=C/Cn1c(NC(=O)c2cc(C)nn2CC)nc2cc(C(N)=O)cc(OCCCN3CCOCC3)c21. The van der Waals surface area contributed by atoms with Crippen LogP contribution < -0.4 is 26.4 Å². The lowest BCUT2D eigenvalue weighted by Gasteiger charge is -2.26. The number of benzene rings is 2. The van der Waals surface area contributed by atoms with Crippen LogP contribution in [-0.2, 0) is 30.8 Å². The molecule has 0 spiro atoms. The van der Waals surface area contributed by atoms with E-state index in [-0.39, 0.29) is 18.1 Å². The minimum Gasteiger partial charge on any atom is -0.491 e. The van der Waals surface area contributed by atoms with Crippen LogP contribution in [0.25, 0.3) is 11.0 Å². The average Bonchev–Trinajstić information content (AvgIpc) is 4.00. The summed E-state index contributed by atoms with van der Waals surface area (Å²) in [6.07, 6.45) is 4.86. The second kappa shape index (κ2) is 18.1. The molecule has 18 nitrogen and oxygen atoms in total. The molecule has 0 unspecified atom stereocenters. The van der Waals surface area contributed by atoms with E-state index in [0.717, 1.165) is 37.3 Å². The number of imidazole rings is 1. The molecule has 18 heteroatoms. The Labute approximate surface area is 346 Å². The Kier molecular flexibility index (Phi) is 12.5. The largest absolute Gasteiger partial charge is 0.491 e. The van der Waals surface area contributed by atoms with Gasteiger partial charge in [0.05, 0.1) is 36.7 Å². The summed E-state index contributed by atoms with van der Waals surface area (Å²) in [6, 6.07) is 11.8. The summed E-state index contributed by atoms with van der Waals surface area (Å²) in [5.74, 6) is -0.914. The zero-order chi connectivity index (χ0) is 42.5. The number of fused-ring (bicyclic) bond motifs is 2. The summed E-state index contributed by atoms with van der Waals surface area (Å²) in [7, 11) is 0. The lowest BCUT2D eigenvalue weighted by Crippen LogP contribution is -2.37. The molecule has 0 atom stereocenters. The van der Waals surface area contributed by atoms with Crippen LogP contribution >= 0.6 is 0 Å². The van der Waals surface area contributed by atoms with Crippen molar-refractivity contribution in [1.82, 2.24) is 34.0 Å². The summed E-state index contributed by atoms with van der Waals surface area (Å²) in [5, 5.41) is 11.8. The Hall–Kier alpha value is -6.66. The van der Waals surface area contributed by atoms with Gasteiger partial charge in [0, 0.05) is 69.0 Å². The molecule has 5 aromatic rings. The number of ether oxygens (including phenoxy) is 2. The van der Waals surface area contributed by atoms with Gasteiger partial charge in [-0.05, 0) is 82.1 Å². The third kappa shape index (κ3) is 8.98. The third-order valence-electron chi connectivity index (χ3n) is 10.4. The number of hydrogen-bond donors (Lipinski definition) is 3. The highest BCUT2D eigenvalue weighted by molar-refractivity contribution is 6.13. The maximum Gasteiger partial charge on any atom is 0.296 e. The van der Waals surface area contributed by atoms with Crippen LogP contribution in [0.1, 0.15) is 78.9 Å². The smallest absolute Gasteiger partial charge is 0.296 e. The van der Waals surface area contributed by atoms with Crippen LogP contribution in [0.3, 0.4) is 0 Å². The Bertz CT molecular complexity index is 2510. The number of aromatic nitrogens is 6. The van der Waals surface area contributed by atoms with Crippen molar-refractivity contribution < 1.29 is 28.7 Å². The van der Waals surface area contributed by atoms with E-state index in [2.05, 4.69) is 25.4 Å². The topological polar surface area (TPSA) is 223 Å². The number of hydrogen-bond acceptors (Lipinski definition) is 10. The van der Waals surface area contributed by atoms with E-state index < -0.39 is 23.6 Å². The summed E-state index contributed by atoms with van der Waals surface area (Å²) < 4.78 is 16.9. The van der Waals surface area contributed by atoms with Gasteiger partial charge in [-0.2, -0.15) is 15.2 Å².